The number of carbonyl (C=O) groups excluding carboxylic acids is 2. The van der Waals surface area contributed by atoms with Gasteiger partial charge in [0.05, 0.1) is 0 Å². The molecule has 2 amide bonds. The molecule has 23 heavy (non-hydrogen) atoms. The molecule has 0 aromatic heterocycles. The summed E-state index contributed by atoms with van der Waals surface area (Å²) in [5.41, 5.74) is 0.707. The second kappa shape index (κ2) is 7.62. The molecule has 0 spiro atoms. The monoisotopic (exact) mass is 318 g/mol. The molecule has 0 heterocycles. The van der Waals surface area contributed by atoms with E-state index in [2.05, 4.69) is 17.6 Å². The zero-order chi connectivity index (χ0) is 17.7. The van der Waals surface area contributed by atoms with E-state index in [9.17, 15) is 9.59 Å². The molecule has 128 valence electrons. The lowest BCUT2D eigenvalue weighted by Crippen LogP contribution is -2.30. The van der Waals surface area contributed by atoms with Gasteiger partial charge in [-0.2, -0.15) is 0 Å². The van der Waals surface area contributed by atoms with Gasteiger partial charge in [0.15, 0.2) is 0 Å². The van der Waals surface area contributed by atoms with Gasteiger partial charge in [-0.15, -0.1) is 0 Å². The molecule has 0 aliphatic rings. The highest BCUT2D eigenvalue weighted by Gasteiger charge is 2.27. The summed E-state index contributed by atoms with van der Waals surface area (Å²) < 4.78 is 0. The molecule has 0 atom stereocenters. The molecule has 0 saturated carbocycles. The molecule has 1 aromatic rings. The van der Waals surface area contributed by atoms with Crippen LogP contribution in [0.3, 0.4) is 0 Å². The van der Waals surface area contributed by atoms with Gasteiger partial charge >= 0.3 is 0 Å². The fourth-order valence-electron chi connectivity index (χ4n) is 2.14. The van der Waals surface area contributed by atoms with Crippen LogP contribution in [0.4, 0.5) is 11.4 Å². The minimum Gasteiger partial charge on any atom is -0.326 e. The topological polar surface area (TPSA) is 58.2 Å². The van der Waals surface area contributed by atoms with E-state index in [1.54, 1.807) is 0 Å². The van der Waals surface area contributed by atoms with E-state index in [0.717, 1.165) is 30.6 Å². The molecular weight excluding hydrogens is 288 g/mol. The van der Waals surface area contributed by atoms with E-state index in [-0.39, 0.29) is 17.2 Å². The Bertz CT molecular complexity index is 545. The smallest absolute Gasteiger partial charge is 0.230 e. The molecule has 0 fully saturated rings. The van der Waals surface area contributed by atoms with Crippen LogP contribution in [0.15, 0.2) is 24.3 Å². The fraction of sp³-hybridized carbons (Fsp3) is 0.579. The Balaban J connectivity index is 2.71. The lowest BCUT2D eigenvalue weighted by atomic mass is 9.87. The molecule has 1 rings (SSSR count). The van der Waals surface area contributed by atoms with Crippen LogP contribution in [-0.4, -0.2) is 11.8 Å². The molecule has 0 aliphatic heterocycles. The second-order valence-corrected chi connectivity index (χ2v) is 7.36. The largest absolute Gasteiger partial charge is 0.326 e. The Hall–Kier alpha value is -1.84. The number of nitrogens with one attached hydrogen (secondary N) is 2. The van der Waals surface area contributed by atoms with Gasteiger partial charge in [-0.3, -0.25) is 9.59 Å². The molecule has 0 radical (unpaired) electrons. The third-order valence-electron chi connectivity index (χ3n) is 4.39. The van der Waals surface area contributed by atoms with Crippen molar-refractivity contribution in [3.63, 3.8) is 0 Å². The normalized spacial score (nSPS) is 11.9. The molecule has 4 nitrogen and oxygen atoms in total. The number of rotatable bonds is 7. The molecule has 0 unspecified atom stereocenters. The zero-order valence-corrected chi connectivity index (χ0v) is 15.2. The summed E-state index contributed by atoms with van der Waals surface area (Å²) in [5.74, 6) is 0.0177. The fourth-order valence-corrected chi connectivity index (χ4v) is 2.14. The molecule has 2 N–H and O–H groups in total. The van der Waals surface area contributed by atoms with Crippen LogP contribution in [0, 0.1) is 10.8 Å². The third kappa shape index (κ3) is 5.38. The van der Waals surface area contributed by atoms with E-state index < -0.39 is 5.41 Å². The minimum atomic E-state index is -0.392. The Morgan fingerprint density at radius 3 is 1.57 bits per heavy atom. The van der Waals surface area contributed by atoms with E-state index in [4.69, 9.17) is 0 Å². The van der Waals surface area contributed by atoms with Gasteiger partial charge in [-0.05, 0) is 37.1 Å². The van der Waals surface area contributed by atoms with Crippen LogP contribution >= 0.6 is 0 Å². The van der Waals surface area contributed by atoms with Gasteiger partial charge in [0.2, 0.25) is 11.8 Å². The van der Waals surface area contributed by atoms with Gasteiger partial charge in [-0.25, -0.2) is 0 Å². The van der Waals surface area contributed by atoms with Crippen molar-refractivity contribution in [2.24, 2.45) is 10.8 Å². The van der Waals surface area contributed by atoms with Crippen molar-refractivity contribution in [1.29, 1.82) is 0 Å². The van der Waals surface area contributed by atoms with Gasteiger partial charge in [0.25, 0.3) is 0 Å². The third-order valence-corrected chi connectivity index (χ3v) is 4.39. The van der Waals surface area contributed by atoms with Crippen molar-refractivity contribution in [3.8, 4) is 0 Å². The summed E-state index contributed by atoms with van der Waals surface area (Å²) in [4.78, 5) is 24.4. The van der Waals surface area contributed by atoms with E-state index in [1.165, 1.54) is 0 Å². The average Bonchev–Trinajstić information content (AvgIpc) is 2.49. The number of hydrogen-bond acceptors (Lipinski definition) is 2. The molecule has 1 aromatic carbocycles. The number of hydrogen-bond donors (Lipinski definition) is 2. The van der Waals surface area contributed by atoms with E-state index in [1.807, 2.05) is 58.9 Å². The van der Waals surface area contributed by atoms with E-state index >= 15 is 0 Å². The highest BCUT2D eigenvalue weighted by molar-refractivity contribution is 5.96. The summed E-state index contributed by atoms with van der Waals surface area (Å²) in [7, 11) is 0. The maximum absolute atomic E-state index is 12.3. The Morgan fingerprint density at radius 1 is 0.826 bits per heavy atom. The number of amides is 2. The van der Waals surface area contributed by atoms with Gasteiger partial charge in [-0.1, -0.05) is 48.0 Å². The highest BCUT2D eigenvalue weighted by Crippen LogP contribution is 2.26. The summed E-state index contributed by atoms with van der Waals surface area (Å²) in [6, 6.07) is 7.25. The first-order valence-electron chi connectivity index (χ1n) is 8.35. The summed E-state index contributed by atoms with van der Waals surface area (Å²) >= 11 is 0. The summed E-state index contributed by atoms with van der Waals surface area (Å²) in [6.07, 6.45) is 2.59. The van der Waals surface area contributed by atoms with Crippen LogP contribution in [0.25, 0.3) is 0 Å². The van der Waals surface area contributed by atoms with Crippen molar-refractivity contribution < 1.29 is 9.59 Å². The van der Waals surface area contributed by atoms with Crippen molar-refractivity contribution in [3.05, 3.63) is 24.3 Å². The minimum absolute atomic E-state index is 0.000801. The number of benzene rings is 1. The Labute approximate surface area is 140 Å². The lowest BCUT2D eigenvalue weighted by molar-refractivity contribution is -0.124. The molecule has 0 bridgehead atoms. The first kappa shape index (κ1) is 19.2. The predicted molar refractivity (Wildman–Crippen MR) is 96.5 cm³/mol. The van der Waals surface area contributed by atoms with Gasteiger partial charge in [0, 0.05) is 22.2 Å². The first-order chi connectivity index (χ1) is 10.6. The van der Waals surface area contributed by atoms with Crippen molar-refractivity contribution >= 4 is 23.2 Å². The van der Waals surface area contributed by atoms with Crippen LogP contribution in [0.1, 0.15) is 60.8 Å². The van der Waals surface area contributed by atoms with Crippen LogP contribution in [-0.2, 0) is 9.59 Å². The molecular formula is C19H30N2O2. The lowest BCUT2D eigenvalue weighted by Gasteiger charge is -2.23. The van der Waals surface area contributed by atoms with E-state index in [0.29, 0.717) is 0 Å². The first-order valence-corrected chi connectivity index (χ1v) is 8.35. The average molecular weight is 318 g/mol. The van der Waals surface area contributed by atoms with Crippen molar-refractivity contribution in [2.75, 3.05) is 10.6 Å². The van der Waals surface area contributed by atoms with Crippen molar-refractivity contribution in [2.45, 2.75) is 60.8 Å². The molecule has 0 saturated heterocycles. The maximum atomic E-state index is 12.3. The summed E-state index contributed by atoms with van der Waals surface area (Å²) in [5, 5.41) is 5.85. The van der Waals surface area contributed by atoms with Crippen molar-refractivity contribution in [1.82, 2.24) is 0 Å². The maximum Gasteiger partial charge on any atom is 0.230 e. The summed E-state index contributed by atoms with van der Waals surface area (Å²) in [6.45, 7) is 11.8. The second-order valence-electron chi connectivity index (χ2n) is 7.36. The molecule has 0 aliphatic carbocycles. The predicted octanol–water partition coefficient (Wildman–Crippen LogP) is 4.83. The highest BCUT2D eigenvalue weighted by atomic mass is 16.2. The van der Waals surface area contributed by atoms with Crippen LogP contribution in [0.2, 0.25) is 0 Å². The SMILES string of the molecule is CCCC(C)(C)C(=O)Nc1ccc(NC(=O)C(C)(C)CC)cc1. The standard InChI is InChI=1S/C19H30N2O2/c1-7-13-19(5,6)17(23)21-15-11-9-14(10-12-15)20-16(22)18(3,4)8-2/h9-12H,7-8,13H2,1-6H3,(H,20,22)(H,21,23). The zero-order valence-electron chi connectivity index (χ0n) is 15.2. The van der Waals surface area contributed by atoms with Crippen LogP contribution < -0.4 is 10.6 Å². The quantitative estimate of drug-likeness (QED) is 0.756. The van der Waals surface area contributed by atoms with Crippen LogP contribution in [0.5, 0.6) is 0 Å². The van der Waals surface area contributed by atoms with Gasteiger partial charge in [0.1, 0.15) is 0 Å². The van der Waals surface area contributed by atoms with Gasteiger partial charge < -0.3 is 10.6 Å². The molecule has 4 heteroatoms. The Kier molecular flexibility index (Phi) is 6.37. The Morgan fingerprint density at radius 2 is 1.22 bits per heavy atom. The number of carbonyl (C=O) groups is 2. The number of anilines is 2.